The molecule has 0 radical (unpaired) electrons. The Morgan fingerprint density at radius 1 is 1.16 bits per heavy atom. The Morgan fingerprint density at radius 3 is 2.56 bits per heavy atom. The third-order valence-electron chi connectivity index (χ3n) is 4.63. The average Bonchev–Trinajstić information content (AvgIpc) is 3.10. The van der Waals surface area contributed by atoms with Crippen LogP contribution < -0.4 is 10.2 Å². The van der Waals surface area contributed by atoms with Crippen LogP contribution in [-0.4, -0.2) is 29.0 Å². The molecule has 1 aromatic heterocycles. The summed E-state index contributed by atoms with van der Waals surface area (Å²) < 4.78 is 0. The molecule has 2 heterocycles. The van der Waals surface area contributed by atoms with Gasteiger partial charge in [-0.15, -0.1) is 0 Å². The van der Waals surface area contributed by atoms with Crippen LogP contribution in [0.4, 0.5) is 11.6 Å². The highest BCUT2D eigenvalue weighted by Crippen LogP contribution is 2.28. The van der Waals surface area contributed by atoms with Crippen LogP contribution in [-0.2, 0) is 0 Å². The fraction of sp³-hybridized carbons (Fsp3) is 0.450. The van der Waals surface area contributed by atoms with Crippen molar-refractivity contribution in [3.05, 3.63) is 46.8 Å². The van der Waals surface area contributed by atoms with Gasteiger partial charge in [0.05, 0.1) is 0 Å². The number of aryl methyl sites for hydroxylation is 2. The number of amides is 1. The summed E-state index contributed by atoms with van der Waals surface area (Å²) in [7, 11) is 0. The first-order chi connectivity index (χ1) is 12.0. The molecule has 0 bridgehead atoms. The Hall–Kier alpha value is -2.43. The number of carbonyl (C=O) groups is 1. The molecule has 25 heavy (non-hydrogen) atoms. The van der Waals surface area contributed by atoms with Crippen LogP contribution in [0.3, 0.4) is 0 Å². The lowest BCUT2D eigenvalue weighted by Gasteiger charge is -2.18. The molecular weight excluding hydrogens is 312 g/mol. The topological polar surface area (TPSA) is 58.1 Å². The molecule has 0 atom stereocenters. The normalized spacial score (nSPS) is 14.2. The van der Waals surface area contributed by atoms with Crippen molar-refractivity contribution in [2.24, 2.45) is 0 Å². The molecule has 1 aliphatic rings. The number of nitrogens with one attached hydrogen (secondary N) is 1. The fourth-order valence-corrected chi connectivity index (χ4v) is 3.25. The predicted octanol–water partition coefficient (Wildman–Crippen LogP) is 4.07. The van der Waals surface area contributed by atoms with Gasteiger partial charge in [-0.2, -0.15) is 0 Å². The molecule has 0 saturated carbocycles. The monoisotopic (exact) mass is 338 g/mol. The predicted molar refractivity (Wildman–Crippen MR) is 101 cm³/mol. The van der Waals surface area contributed by atoms with Crippen LogP contribution in [0, 0.1) is 13.8 Å². The van der Waals surface area contributed by atoms with Gasteiger partial charge in [-0.05, 0) is 49.8 Å². The van der Waals surface area contributed by atoms with Gasteiger partial charge in [0.2, 0.25) is 5.95 Å². The van der Waals surface area contributed by atoms with Crippen molar-refractivity contribution in [2.75, 3.05) is 23.3 Å². The van der Waals surface area contributed by atoms with E-state index in [-0.39, 0.29) is 5.91 Å². The Kier molecular flexibility index (Phi) is 5.02. The highest BCUT2D eigenvalue weighted by atomic mass is 16.1. The molecule has 1 amide bonds. The van der Waals surface area contributed by atoms with E-state index in [0.29, 0.717) is 17.6 Å². The van der Waals surface area contributed by atoms with E-state index in [9.17, 15) is 4.79 Å². The smallest absolute Gasteiger partial charge is 0.274 e. The quantitative estimate of drug-likeness (QED) is 0.913. The van der Waals surface area contributed by atoms with Gasteiger partial charge < -0.3 is 10.2 Å². The molecule has 0 aliphatic carbocycles. The van der Waals surface area contributed by atoms with E-state index in [4.69, 9.17) is 0 Å². The van der Waals surface area contributed by atoms with E-state index in [1.165, 1.54) is 0 Å². The molecule has 3 rings (SSSR count). The maximum Gasteiger partial charge on any atom is 0.274 e. The van der Waals surface area contributed by atoms with Gasteiger partial charge in [-0.1, -0.05) is 32.0 Å². The lowest BCUT2D eigenvalue weighted by Crippen LogP contribution is -2.23. The van der Waals surface area contributed by atoms with E-state index in [2.05, 4.69) is 40.1 Å². The summed E-state index contributed by atoms with van der Waals surface area (Å²) in [5.41, 5.74) is 4.33. The molecule has 2 aromatic rings. The zero-order valence-electron chi connectivity index (χ0n) is 15.5. The lowest BCUT2D eigenvalue weighted by molar-refractivity contribution is 0.102. The van der Waals surface area contributed by atoms with Gasteiger partial charge in [0.1, 0.15) is 5.69 Å². The summed E-state index contributed by atoms with van der Waals surface area (Å²) in [5, 5.41) is 3.07. The van der Waals surface area contributed by atoms with Crippen molar-refractivity contribution in [3.8, 4) is 0 Å². The summed E-state index contributed by atoms with van der Waals surface area (Å²) in [4.78, 5) is 24.0. The van der Waals surface area contributed by atoms with Crippen LogP contribution in [0.25, 0.3) is 0 Å². The summed E-state index contributed by atoms with van der Waals surface area (Å²) in [6.07, 6.45) is 2.31. The van der Waals surface area contributed by atoms with Crippen LogP contribution in [0.15, 0.2) is 24.3 Å². The van der Waals surface area contributed by atoms with Gasteiger partial charge in [0.25, 0.3) is 5.91 Å². The minimum atomic E-state index is -0.179. The minimum absolute atomic E-state index is 0.179. The summed E-state index contributed by atoms with van der Waals surface area (Å²) in [6, 6.07) is 7.86. The summed E-state index contributed by atoms with van der Waals surface area (Å²) >= 11 is 0. The molecule has 5 nitrogen and oxygen atoms in total. The van der Waals surface area contributed by atoms with Gasteiger partial charge in [-0.3, -0.25) is 4.79 Å². The number of aromatic nitrogens is 2. The first kappa shape index (κ1) is 17.4. The van der Waals surface area contributed by atoms with Crippen LogP contribution in [0.1, 0.15) is 59.9 Å². The van der Waals surface area contributed by atoms with E-state index in [0.717, 1.165) is 48.4 Å². The highest BCUT2D eigenvalue weighted by Gasteiger charge is 2.19. The lowest BCUT2D eigenvalue weighted by atomic mass is 9.98. The first-order valence-corrected chi connectivity index (χ1v) is 8.97. The second kappa shape index (κ2) is 7.21. The van der Waals surface area contributed by atoms with Crippen LogP contribution >= 0.6 is 0 Å². The van der Waals surface area contributed by atoms with Crippen LogP contribution in [0.5, 0.6) is 0 Å². The SMILES string of the molecule is Cc1cc(C(=O)Nc2c(C)cccc2C(C)C)nc(N2CCCC2)n1. The number of carbonyl (C=O) groups excluding carboxylic acids is 1. The Balaban J connectivity index is 1.89. The van der Waals surface area contributed by atoms with E-state index in [1.807, 2.05) is 26.0 Å². The first-order valence-electron chi connectivity index (χ1n) is 8.97. The Labute approximate surface area is 149 Å². The maximum absolute atomic E-state index is 12.8. The van der Waals surface area contributed by atoms with Gasteiger partial charge >= 0.3 is 0 Å². The minimum Gasteiger partial charge on any atom is -0.341 e. The van der Waals surface area contributed by atoms with Crippen LogP contribution in [0.2, 0.25) is 0 Å². The van der Waals surface area contributed by atoms with Crippen molar-refractivity contribution >= 4 is 17.5 Å². The van der Waals surface area contributed by atoms with Gasteiger partial charge in [0.15, 0.2) is 0 Å². The molecule has 0 spiro atoms. The molecule has 1 saturated heterocycles. The number of hydrogen-bond donors (Lipinski definition) is 1. The average molecular weight is 338 g/mol. The molecule has 1 fully saturated rings. The molecule has 5 heteroatoms. The molecule has 0 unspecified atom stereocenters. The third kappa shape index (κ3) is 3.81. The largest absolute Gasteiger partial charge is 0.341 e. The van der Waals surface area contributed by atoms with E-state index >= 15 is 0 Å². The number of nitrogens with zero attached hydrogens (tertiary/aromatic N) is 3. The number of anilines is 2. The molecule has 1 N–H and O–H groups in total. The Morgan fingerprint density at radius 2 is 1.88 bits per heavy atom. The summed E-state index contributed by atoms with van der Waals surface area (Å²) in [6.45, 7) is 10.1. The second-order valence-electron chi connectivity index (χ2n) is 7.04. The number of rotatable bonds is 4. The van der Waals surface area contributed by atoms with Crippen molar-refractivity contribution in [1.82, 2.24) is 9.97 Å². The maximum atomic E-state index is 12.8. The van der Waals surface area contributed by atoms with E-state index in [1.54, 1.807) is 6.07 Å². The summed E-state index contributed by atoms with van der Waals surface area (Å²) in [5.74, 6) is 0.821. The number of benzene rings is 1. The van der Waals surface area contributed by atoms with Crippen molar-refractivity contribution < 1.29 is 4.79 Å². The van der Waals surface area contributed by atoms with Crippen molar-refractivity contribution in [1.29, 1.82) is 0 Å². The Bertz CT molecular complexity index is 779. The third-order valence-corrected chi connectivity index (χ3v) is 4.63. The number of para-hydroxylation sites is 1. The van der Waals surface area contributed by atoms with Crippen molar-refractivity contribution in [2.45, 2.75) is 46.5 Å². The van der Waals surface area contributed by atoms with E-state index < -0.39 is 0 Å². The number of hydrogen-bond acceptors (Lipinski definition) is 4. The second-order valence-corrected chi connectivity index (χ2v) is 7.04. The standard InChI is InChI=1S/C20H26N4O/c1-13(2)16-9-7-8-14(3)18(16)23-19(25)17-12-15(4)21-20(22-17)24-10-5-6-11-24/h7-9,12-13H,5-6,10-11H2,1-4H3,(H,23,25). The molecule has 1 aliphatic heterocycles. The zero-order chi connectivity index (χ0) is 18.0. The zero-order valence-corrected chi connectivity index (χ0v) is 15.5. The molecule has 1 aromatic carbocycles. The highest BCUT2D eigenvalue weighted by molar-refractivity contribution is 6.04. The molecular formula is C20H26N4O. The fourth-order valence-electron chi connectivity index (χ4n) is 3.25. The van der Waals surface area contributed by atoms with Crippen molar-refractivity contribution in [3.63, 3.8) is 0 Å². The van der Waals surface area contributed by atoms with Gasteiger partial charge in [0, 0.05) is 24.5 Å². The molecule has 132 valence electrons. The van der Waals surface area contributed by atoms with Gasteiger partial charge in [-0.25, -0.2) is 9.97 Å².